The molecule has 1 unspecified atom stereocenters. The van der Waals surface area contributed by atoms with Crippen LogP contribution in [0.2, 0.25) is 0 Å². The van der Waals surface area contributed by atoms with E-state index in [2.05, 4.69) is 37.8 Å². The molecule has 2 heteroatoms. The largest absolute Gasteiger partial charge is 0.317 e. The van der Waals surface area contributed by atoms with Crippen LogP contribution in [0.3, 0.4) is 0 Å². The Balaban J connectivity index is 2.89. The van der Waals surface area contributed by atoms with Gasteiger partial charge in [0.05, 0.1) is 0 Å². The van der Waals surface area contributed by atoms with Gasteiger partial charge in [0.2, 0.25) is 0 Å². The van der Waals surface area contributed by atoms with Crippen molar-refractivity contribution >= 4 is 11.8 Å². The quantitative estimate of drug-likeness (QED) is 0.597. The smallest absolute Gasteiger partial charge is 0.00161 e. The first-order valence-corrected chi connectivity index (χ1v) is 5.68. The summed E-state index contributed by atoms with van der Waals surface area (Å²) in [7, 11) is 0. The molecule has 0 aromatic carbocycles. The topological polar surface area (TPSA) is 12.0 Å². The minimum absolute atomic E-state index is 0.844. The van der Waals surface area contributed by atoms with Gasteiger partial charge in [-0.1, -0.05) is 20.8 Å². The van der Waals surface area contributed by atoms with Gasteiger partial charge in [-0.3, -0.25) is 0 Å². The molecule has 0 aliphatic rings. The minimum atomic E-state index is 0.844. The molecular formula is C9H21NS. The van der Waals surface area contributed by atoms with Crippen molar-refractivity contribution in [1.29, 1.82) is 0 Å². The number of hydrogen-bond donors (Lipinski definition) is 1. The lowest BCUT2D eigenvalue weighted by atomic mass is 10.4. The van der Waals surface area contributed by atoms with Gasteiger partial charge in [0, 0.05) is 5.25 Å². The standard InChI is InChI=1S/C9H21NS/c1-4-9(3)11-8-6-7-10-5-2/h9-10H,4-8H2,1-3H3. The van der Waals surface area contributed by atoms with Crippen LogP contribution in [0.5, 0.6) is 0 Å². The molecule has 1 nitrogen and oxygen atoms in total. The average molecular weight is 175 g/mol. The lowest BCUT2D eigenvalue weighted by Gasteiger charge is -2.07. The average Bonchev–Trinajstić information content (AvgIpc) is 2.04. The maximum absolute atomic E-state index is 3.33. The van der Waals surface area contributed by atoms with E-state index < -0.39 is 0 Å². The van der Waals surface area contributed by atoms with E-state index in [1.165, 1.54) is 25.1 Å². The van der Waals surface area contributed by atoms with Crippen molar-refractivity contribution in [3.63, 3.8) is 0 Å². The zero-order valence-corrected chi connectivity index (χ0v) is 8.84. The molecule has 0 aromatic rings. The lowest BCUT2D eigenvalue weighted by molar-refractivity contribution is 0.706. The van der Waals surface area contributed by atoms with Gasteiger partial charge in [0.15, 0.2) is 0 Å². The zero-order chi connectivity index (χ0) is 8.53. The maximum atomic E-state index is 3.33. The highest BCUT2D eigenvalue weighted by molar-refractivity contribution is 7.99. The van der Waals surface area contributed by atoms with Gasteiger partial charge >= 0.3 is 0 Å². The summed E-state index contributed by atoms with van der Waals surface area (Å²) in [6.45, 7) is 9.00. The van der Waals surface area contributed by atoms with E-state index in [9.17, 15) is 0 Å². The summed E-state index contributed by atoms with van der Waals surface area (Å²) < 4.78 is 0. The van der Waals surface area contributed by atoms with Crippen LogP contribution in [0.15, 0.2) is 0 Å². The molecule has 0 aromatic heterocycles. The Morgan fingerprint density at radius 1 is 1.36 bits per heavy atom. The molecule has 0 aliphatic heterocycles. The van der Waals surface area contributed by atoms with Gasteiger partial charge in [-0.05, 0) is 31.7 Å². The second kappa shape index (κ2) is 8.41. The first-order chi connectivity index (χ1) is 5.31. The van der Waals surface area contributed by atoms with Crippen LogP contribution in [0.1, 0.15) is 33.6 Å². The molecule has 11 heavy (non-hydrogen) atoms. The fraction of sp³-hybridized carbons (Fsp3) is 1.00. The molecule has 0 heterocycles. The third kappa shape index (κ3) is 8.21. The van der Waals surface area contributed by atoms with Crippen LogP contribution < -0.4 is 5.32 Å². The van der Waals surface area contributed by atoms with Gasteiger partial charge in [0.25, 0.3) is 0 Å². The third-order valence-electron chi connectivity index (χ3n) is 1.73. The van der Waals surface area contributed by atoms with E-state index in [0.29, 0.717) is 0 Å². The van der Waals surface area contributed by atoms with E-state index in [-0.39, 0.29) is 0 Å². The molecule has 0 saturated heterocycles. The molecule has 0 amide bonds. The second-order valence-electron chi connectivity index (χ2n) is 2.80. The number of hydrogen-bond acceptors (Lipinski definition) is 2. The van der Waals surface area contributed by atoms with Gasteiger partial charge in [-0.25, -0.2) is 0 Å². The highest BCUT2D eigenvalue weighted by Crippen LogP contribution is 2.13. The second-order valence-corrected chi connectivity index (χ2v) is 4.34. The molecule has 0 bridgehead atoms. The van der Waals surface area contributed by atoms with Crippen LogP contribution in [0.25, 0.3) is 0 Å². The molecule has 0 spiro atoms. The maximum Gasteiger partial charge on any atom is 0.00161 e. The summed E-state index contributed by atoms with van der Waals surface area (Å²) >= 11 is 2.09. The predicted molar refractivity (Wildman–Crippen MR) is 55.4 cm³/mol. The molecule has 0 aliphatic carbocycles. The summed E-state index contributed by atoms with van der Waals surface area (Å²) in [5.41, 5.74) is 0. The number of nitrogens with one attached hydrogen (secondary N) is 1. The molecule has 68 valence electrons. The molecular weight excluding hydrogens is 154 g/mol. The Morgan fingerprint density at radius 2 is 2.09 bits per heavy atom. The van der Waals surface area contributed by atoms with Crippen LogP contribution in [-0.4, -0.2) is 24.1 Å². The van der Waals surface area contributed by atoms with Gasteiger partial charge in [-0.2, -0.15) is 11.8 Å². The SMILES string of the molecule is CCNCCCSC(C)CC. The van der Waals surface area contributed by atoms with E-state index in [1.54, 1.807) is 0 Å². The highest BCUT2D eigenvalue weighted by atomic mass is 32.2. The Kier molecular flexibility index (Phi) is 8.64. The summed E-state index contributed by atoms with van der Waals surface area (Å²) in [4.78, 5) is 0. The van der Waals surface area contributed by atoms with Crippen molar-refractivity contribution in [2.45, 2.75) is 38.9 Å². The van der Waals surface area contributed by atoms with E-state index >= 15 is 0 Å². The van der Waals surface area contributed by atoms with Crippen molar-refractivity contribution < 1.29 is 0 Å². The predicted octanol–water partition coefficient (Wildman–Crippen LogP) is 2.52. The Hall–Kier alpha value is 0.310. The monoisotopic (exact) mass is 175 g/mol. The molecule has 1 atom stereocenters. The van der Waals surface area contributed by atoms with E-state index in [4.69, 9.17) is 0 Å². The zero-order valence-electron chi connectivity index (χ0n) is 8.02. The fourth-order valence-corrected chi connectivity index (χ4v) is 1.73. The molecule has 0 radical (unpaired) electrons. The van der Waals surface area contributed by atoms with E-state index in [0.717, 1.165) is 11.8 Å². The Bertz CT molecular complexity index is 76.0. The van der Waals surface area contributed by atoms with E-state index in [1.807, 2.05) is 0 Å². The van der Waals surface area contributed by atoms with Crippen molar-refractivity contribution in [3.8, 4) is 0 Å². The molecule has 1 N–H and O–H groups in total. The normalized spacial score (nSPS) is 13.4. The van der Waals surface area contributed by atoms with Crippen molar-refractivity contribution in [3.05, 3.63) is 0 Å². The van der Waals surface area contributed by atoms with Gasteiger partial charge < -0.3 is 5.32 Å². The number of thioether (sulfide) groups is 1. The lowest BCUT2D eigenvalue weighted by Crippen LogP contribution is -2.14. The van der Waals surface area contributed by atoms with Crippen LogP contribution in [0, 0.1) is 0 Å². The van der Waals surface area contributed by atoms with Crippen molar-refractivity contribution in [1.82, 2.24) is 5.32 Å². The summed E-state index contributed by atoms with van der Waals surface area (Å²) in [6, 6.07) is 0. The first-order valence-electron chi connectivity index (χ1n) is 4.63. The Labute approximate surface area is 75.3 Å². The van der Waals surface area contributed by atoms with Crippen LogP contribution in [-0.2, 0) is 0 Å². The van der Waals surface area contributed by atoms with Crippen molar-refractivity contribution in [2.24, 2.45) is 0 Å². The number of rotatable bonds is 7. The van der Waals surface area contributed by atoms with Gasteiger partial charge in [0.1, 0.15) is 0 Å². The summed E-state index contributed by atoms with van der Waals surface area (Å²) in [5.74, 6) is 1.31. The summed E-state index contributed by atoms with van der Waals surface area (Å²) in [6.07, 6.45) is 2.61. The van der Waals surface area contributed by atoms with Crippen LogP contribution >= 0.6 is 11.8 Å². The Morgan fingerprint density at radius 3 is 2.64 bits per heavy atom. The van der Waals surface area contributed by atoms with Gasteiger partial charge in [-0.15, -0.1) is 0 Å². The molecule has 0 fully saturated rings. The highest BCUT2D eigenvalue weighted by Gasteiger charge is 1.96. The fourth-order valence-electron chi connectivity index (χ4n) is 0.776. The van der Waals surface area contributed by atoms with Crippen LogP contribution in [0.4, 0.5) is 0 Å². The summed E-state index contributed by atoms with van der Waals surface area (Å²) in [5, 5.41) is 4.17. The molecule has 0 saturated carbocycles. The van der Waals surface area contributed by atoms with Crippen molar-refractivity contribution in [2.75, 3.05) is 18.8 Å². The first kappa shape index (κ1) is 11.3. The molecule has 0 rings (SSSR count). The third-order valence-corrected chi connectivity index (χ3v) is 3.15. The minimum Gasteiger partial charge on any atom is -0.317 e.